The van der Waals surface area contributed by atoms with E-state index in [0.717, 1.165) is 24.4 Å². The molecule has 0 aromatic carbocycles. The minimum atomic E-state index is 0.483. The largest absolute Gasteiger partial charge is 0.370 e. The Morgan fingerprint density at radius 3 is 3.21 bits per heavy atom. The van der Waals surface area contributed by atoms with Crippen LogP contribution in [0.3, 0.4) is 0 Å². The number of anilines is 1. The van der Waals surface area contributed by atoms with Gasteiger partial charge >= 0.3 is 0 Å². The molecule has 74 valence electrons. The lowest BCUT2D eigenvalue weighted by Gasteiger charge is -2.06. The van der Waals surface area contributed by atoms with Crippen LogP contribution in [0.2, 0.25) is 5.15 Å². The van der Waals surface area contributed by atoms with Gasteiger partial charge in [0.15, 0.2) is 5.65 Å². The van der Waals surface area contributed by atoms with Crippen LogP contribution in [0.4, 0.5) is 5.82 Å². The van der Waals surface area contributed by atoms with E-state index < -0.39 is 0 Å². The van der Waals surface area contributed by atoms with Gasteiger partial charge in [-0.1, -0.05) is 18.5 Å². The van der Waals surface area contributed by atoms with Crippen molar-refractivity contribution >= 4 is 23.1 Å². The first kappa shape index (κ1) is 9.27. The molecular formula is C9H11ClN4. The summed E-state index contributed by atoms with van der Waals surface area (Å²) in [5.74, 6) is 0.881. The van der Waals surface area contributed by atoms with Crippen LogP contribution >= 0.6 is 11.6 Å². The van der Waals surface area contributed by atoms with Crippen LogP contribution in [0.15, 0.2) is 18.3 Å². The first-order chi connectivity index (χ1) is 6.81. The van der Waals surface area contributed by atoms with E-state index in [-0.39, 0.29) is 0 Å². The zero-order valence-corrected chi connectivity index (χ0v) is 8.62. The zero-order valence-electron chi connectivity index (χ0n) is 7.87. The van der Waals surface area contributed by atoms with Gasteiger partial charge in [0.05, 0.1) is 6.20 Å². The second-order valence-corrected chi connectivity index (χ2v) is 3.38. The van der Waals surface area contributed by atoms with Gasteiger partial charge in [-0.05, 0) is 6.42 Å². The second kappa shape index (κ2) is 3.84. The maximum Gasteiger partial charge on any atom is 0.159 e. The second-order valence-electron chi connectivity index (χ2n) is 2.99. The summed E-state index contributed by atoms with van der Waals surface area (Å²) < 4.78 is 1.74. The maximum atomic E-state index is 5.87. The van der Waals surface area contributed by atoms with Crippen LogP contribution in [-0.4, -0.2) is 21.1 Å². The van der Waals surface area contributed by atoms with Crippen molar-refractivity contribution in [1.82, 2.24) is 14.6 Å². The van der Waals surface area contributed by atoms with E-state index in [0.29, 0.717) is 5.15 Å². The summed E-state index contributed by atoms with van der Waals surface area (Å²) in [6, 6.07) is 3.60. The highest BCUT2D eigenvalue weighted by molar-refractivity contribution is 6.29. The number of rotatable bonds is 3. The fraction of sp³-hybridized carbons (Fsp3) is 0.333. The summed E-state index contributed by atoms with van der Waals surface area (Å²) in [6.45, 7) is 3.01. The highest BCUT2D eigenvalue weighted by Gasteiger charge is 2.03. The van der Waals surface area contributed by atoms with Gasteiger partial charge in [0, 0.05) is 18.7 Å². The van der Waals surface area contributed by atoms with Crippen molar-refractivity contribution in [2.45, 2.75) is 13.3 Å². The molecule has 2 aromatic heterocycles. The van der Waals surface area contributed by atoms with Crippen molar-refractivity contribution in [3.63, 3.8) is 0 Å². The van der Waals surface area contributed by atoms with Crippen molar-refractivity contribution in [2.75, 3.05) is 11.9 Å². The lowest BCUT2D eigenvalue weighted by Crippen LogP contribution is -2.06. The number of nitrogens with zero attached hydrogens (tertiary/aromatic N) is 3. The lowest BCUT2D eigenvalue weighted by atomic mass is 10.4. The van der Waals surface area contributed by atoms with Gasteiger partial charge < -0.3 is 5.32 Å². The van der Waals surface area contributed by atoms with Crippen molar-refractivity contribution in [2.24, 2.45) is 0 Å². The summed E-state index contributed by atoms with van der Waals surface area (Å²) in [4.78, 5) is 4.13. The molecule has 0 aliphatic carbocycles. The van der Waals surface area contributed by atoms with Crippen LogP contribution in [0.5, 0.6) is 0 Å². The van der Waals surface area contributed by atoms with Gasteiger partial charge in [0.25, 0.3) is 0 Å². The van der Waals surface area contributed by atoms with Gasteiger partial charge in [0.2, 0.25) is 0 Å². The maximum absolute atomic E-state index is 5.87. The number of fused-ring (bicyclic) bond motifs is 1. The van der Waals surface area contributed by atoms with Crippen LogP contribution in [0.1, 0.15) is 13.3 Å². The zero-order chi connectivity index (χ0) is 9.97. The summed E-state index contributed by atoms with van der Waals surface area (Å²) in [5.41, 5.74) is 0.760. The summed E-state index contributed by atoms with van der Waals surface area (Å²) >= 11 is 5.87. The Kier molecular flexibility index (Phi) is 2.54. The number of hydrogen-bond acceptors (Lipinski definition) is 3. The Labute approximate surface area is 86.9 Å². The molecular weight excluding hydrogens is 200 g/mol. The Morgan fingerprint density at radius 1 is 1.57 bits per heavy atom. The molecule has 0 spiro atoms. The van der Waals surface area contributed by atoms with Gasteiger partial charge in [-0.15, -0.1) is 0 Å². The molecule has 0 aliphatic heterocycles. The van der Waals surface area contributed by atoms with Crippen LogP contribution < -0.4 is 5.32 Å². The molecule has 0 radical (unpaired) electrons. The van der Waals surface area contributed by atoms with E-state index in [1.807, 2.05) is 6.07 Å². The van der Waals surface area contributed by atoms with E-state index >= 15 is 0 Å². The third-order valence-corrected chi connectivity index (χ3v) is 2.08. The fourth-order valence-corrected chi connectivity index (χ4v) is 1.45. The van der Waals surface area contributed by atoms with Crippen molar-refractivity contribution in [1.29, 1.82) is 0 Å². The van der Waals surface area contributed by atoms with Gasteiger partial charge in [-0.25, -0.2) is 4.98 Å². The van der Waals surface area contributed by atoms with E-state index in [1.165, 1.54) is 0 Å². The van der Waals surface area contributed by atoms with Crippen LogP contribution in [0, 0.1) is 0 Å². The molecule has 1 N–H and O–H groups in total. The average molecular weight is 211 g/mol. The van der Waals surface area contributed by atoms with E-state index in [4.69, 9.17) is 11.6 Å². The van der Waals surface area contributed by atoms with E-state index in [2.05, 4.69) is 22.3 Å². The van der Waals surface area contributed by atoms with Gasteiger partial charge in [-0.3, -0.25) is 0 Å². The molecule has 0 saturated heterocycles. The number of nitrogens with one attached hydrogen (secondary N) is 1. The number of halogens is 1. The third kappa shape index (κ3) is 1.65. The minimum Gasteiger partial charge on any atom is -0.370 e. The van der Waals surface area contributed by atoms with E-state index in [1.54, 1.807) is 16.8 Å². The van der Waals surface area contributed by atoms with Crippen molar-refractivity contribution in [3.8, 4) is 0 Å². The topological polar surface area (TPSA) is 42.2 Å². The van der Waals surface area contributed by atoms with Crippen molar-refractivity contribution < 1.29 is 0 Å². The Hall–Kier alpha value is -1.29. The summed E-state index contributed by atoms with van der Waals surface area (Å²) in [7, 11) is 0. The van der Waals surface area contributed by atoms with E-state index in [9.17, 15) is 0 Å². The lowest BCUT2D eigenvalue weighted by molar-refractivity contribution is 0.903. The Balaban J connectivity index is 2.44. The molecule has 0 fully saturated rings. The third-order valence-electron chi connectivity index (χ3n) is 1.88. The molecule has 2 aromatic rings. The average Bonchev–Trinajstić information content (AvgIpc) is 2.61. The molecule has 0 aliphatic rings. The van der Waals surface area contributed by atoms with Gasteiger partial charge in [-0.2, -0.15) is 9.61 Å². The normalized spacial score (nSPS) is 10.7. The Bertz CT molecular complexity index is 437. The fourth-order valence-electron chi connectivity index (χ4n) is 1.26. The van der Waals surface area contributed by atoms with Crippen LogP contribution in [0.25, 0.3) is 5.65 Å². The molecule has 2 rings (SSSR count). The molecule has 0 atom stereocenters. The van der Waals surface area contributed by atoms with Crippen LogP contribution in [-0.2, 0) is 0 Å². The quantitative estimate of drug-likeness (QED) is 0.790. The molecule has 5 heteroatoms. The molecule has 2 heterocycles. The number of aromatic nitrogens is 3. The van der Waals surface area contributed by atoms with Crippen molar-refractivity contribution in [3.05, 3.63) is 23.5 Å². The molecule has 0 amide bonds. The first-order valence-electron chi connectivity index (χ1n) is 4.55. The number of hydrogen-bond donors (Lipinski definition) is 1. The highest BCUT2D eigenvalue weighted by atomic mass is 35.5. The Morgan fingerprint density at radius 2 is 2.43 bits per heavy atom. The molecule has 14 heavy (non-hydrogen) atoms. The standard InChI is InChI=1S/C9H11ClN4/c1-2-4-11-9-6-7(10)13-8-3-5-12-14(8)9/h3,5-6,11H,2,4H2,1H3. The smallest absolute Gasteiger partial charge is 0.159 e. The minimum absolute atomic E-state index is 0.483. The SMILES string of the molecule is CCCNc1cc(Cl)nc2ccnn12. The molecule has 0 saturated carbocycles. The highest BCUT2D eigenvalue weighted by Crippen LogP contribution is 2.15. The molecule has 0 bridgehead atoms. The first-order valence-corrected chi connectivity index (χ1v) is 4.93. The monoisotopic (exact) mass is 210 g/mol. The summed E-state index contributed by atoms with van der Waals surface area (Å²) in [6.07, 6.45) is 2.76. The molecule has 4 nitrogen and oxygen atoms in total. The predicted octanol–water partition coefficient (Wildman–Crippen LogP) is 2.20. The summed E-state index contributed by atoms with van der Waals surface area (Å²) in [5, 5.41) is 7.87. The molecule has 0 unspecified atom stereocenters. The predicted molar refractivity (Wildman–Crippen MR) is 56.8 cm³/mol. The van der Waals surface area contributed by atoms with Gasteiger partial charge in [0.1, 0.15) is 11.0 Å².